The third-order valence-corrected chi connectivity index (χ3v) is 4.83. The first-order chi connectivity index (χ1) is 12.0. The molecule has 2 aromatic rings. The van der Waals surface area contributed by atoms with Gasteiger partial charge >= 0.3 is 0 Å². The molecule has 0 saturated heterocycles. The fraction of sp³-hybridized carbons (Fsp3) is 0.588. The largest absolute Gasteiger partial charge is 0.491 e. The fourth-order valence-electron chi connectivity index (χ4n) is 3.15. The molecule has 134 valence electrons. The van der Waals surface area contributed by atoms with Crippen LogP contribution in [-0.4, -0.2) is 38.8 Å². The molecule has 2 fully saturated rings. The minimum absolute atomic E-state index is 0.0454. The van der Waals surface area contributed by atoms with Gasteiger partial charge in [-0.3, -0.25) is 0 Å². The monoisotopic (exact) mass is 349 g/mol. The van der Waals surface area contributed by atoms with Crippen LogP contribution in [0.3, 0.4) is 0 Å². The second kappa shape index (κ2) is 6.24. The zero-order valence-corrected chi connectivity index (χ0v) is 14.1. The summed E-state index contributed by atoms with van der Waals surface area (Å²) in [5.41, 5.74) is 1.06. The van der Waals surface area contributed by atoms with Gasteiger partial charge in [-0.1, -0.05) is 0 Å². The average molecular weight is 349 g/mol. The lowest BCUT2D eigenvalue weighted by atomic mass is 9.92. The summed E-state index contributed by atoms with van der Waals surface area (Å²) in [5.74, 6) is -0.535. The number of nitrogens with zero attached hydrogens (tertiary/aromatic N) is 4. The summed E-state index contributed by atoms with van der Waals surface area (Å²) in [5, 5.41) is 7.77. The first-order valence-electron chi connectivity index (χ1n) is 8.65. The predicted octanol–water partition coefficient (Wildman–Crippen LogP) is 3.54. The van der Waals surface area contributed by atoms with Crippen molar-refractivity contribution in [3.8, 4) is 11.7 Å². The molecule has 2 aromatic heterocycles. The van der Waals surface area contributed by atoms with Crippen LogP contribution >= 0.6 is 0 Å². The molecule has 0 atom stereocenters. The molecule has 8 heteroatoms. The Morgan fingerprint density at radius 1 is 1.24 bits per heavy atom. The summed E-state index contributed by atoms with van der Waals surface area (Å²) in [7, 11) is 1.54. The first-order valence-corrected chi connectivity index (χ1v) is 8.65. The van der Waals surface area contributed by atoms with Gasteiger partial charge in [0.2, 0.25) is 5.92 Å². The maximum Gasteiger partial charge on any atom is 0.252 e. The van der Waals surface area contributed by atoms with Crippen molar-refractivity contribution in [3.05, 3.63) is 24.2 Å². The van der Waals surface area contributed by atoms with Gasteiger partial charge in [-0.15, -0.1) is 0 Å². The van der Waals surface area contributed by atoms with Crippen LogP contribution in [0.2, 0.25) is 0 Å². The van der Waals surface area contributed by atoms with E-state index in [2.05, 4.69) is 20.4 Å². The Labute approximate surface area is 144 Å². The Hall–Kier alpha value is -2.25. The maximum atomic E-state index is 13.3. The summed E-state index contributed by atoms with van der Waals surface area (Å²) in [4.78, 5) is 8.80. The average Bonchev–Trinajstić information content (AvgIpc) is 3.34. The van der Waals surface area contributed by atoms with E-state index in [1.807, 2.05) is 12.3 Å². The molecule has 0 spiro atoms. The van der Waals surface area contributed by atoms with Crippen LogP contribution in [-0.2, 0) is 0 Å². The van der Waals surface area contributed by atoms with Crippen LogP contribution in [0.15, 0.2) is 18.5 Å². The van der Waals surface area contributed by atoms with E-state index in [1.54, 1.807) is 10.9 Å². The van der Waals surface area contributed by atoms with Gasteiger partial charge in [0.25, 0.3) is 5.95 Å². The highest BCUT2D eigenvalue weighted by atomic mass is 19.3. The van der Waals surface area contributed by atoms with Crippen LogP contribution < -0.4 is 10.1 Å². The Bertz CT molecular complexity index is 749. The number of rotatable bonds is 5. The Balaban J connectivity index is 1.53. The van der Waals surface area contributed by atoms with Crippen molar-refractivity contribution in [3.63, 3.8) is 0 Å². The number of hydrogen-bond donors (Lipinski definition) is 1. The fourth-order valence-corrected chi connectivity index (χ4v) is 3.15. The van der Waals surface area contributed by atoms with Crippen molar-refractivity contribution in [2.75, 3.05) is 12.4 Å². The van der Waals surface area contributed by atoms with Crippen molar-refractivity contribution in [2.45, 2.75) is 56.4 Å². The third-order valence-electron chi connectivity index (χ3n) is 4.83. The number of nitrogens with one attached hydrogen (secondary N) is 1. The number of alkyl halides is 2. The quantitative estimate of drug-likeness (QED) is 0.894. The minimum atomic E-state index is -2.55. The Kier molecular flexibility index (Phi) is 4.05. The molecule has 0 unspecified atom stereocenters. The van der Waals surface area contributed by atoms with Gasteiger partial charge in [-0.25, -0.2) is 18.4 Å². The van der Waals surface area contributed by atoms with Crippen LogP contribution in [0.5, 0.6) is 5.75 Å². The molecule has 0 bridgehead atoms. The first kappa shape index (κ1) is 16.2. The Morgan fingerprint density at radius 2 is 2.00 bits per heavy atom. The molecule has 0 aliphatic heterocycles. The molecule has 25 heavy (non-hydrogen) atoms. The summed E-state index contributed by atoms with van der Waals surface area (Å²) >= 11 is 0. The standard InChI is InChI=1S/C17H21F2N5O/c1-25-14-10-20-16(24-9-6-13(23-24)11-2-3-11)22-15(14)21-12-4-7-17(18,19)8-5-12/h6,9-12H,2-5,7-8H2,1H3,(H,20,21,22). The molecule has 0 aromatic carbocycles. The number of methoxy groups -OCH3 is 1. The highest BCUT2D eigenvalue weighted by Gasteiger charge is 2.35. The summed E-state index contributed by atoms with van der Waals surface area (Å²) in [6.45, 7) is 0. The van der Waals surface area contributed by atoms with E-state index in [4.69, 9.17) is 4.74 Å². The van der Waals surface area contributed by atoms with Crippen LogP contribution in [0.1, 0.15) is 50.1 Å². The van der Waals surface area contributed by atoms with Gasteiger partial charge in [-0.2, -0.15) is 10.1 Å². The normalized spacial score (nSPS) is 20.4. The molecule has 2 heterocycles. The number of anilines is 1. The number of hydrogen-bond acceptors (Lipinski definition) is 5. The van der Waals surface area contributed by atoms with Gasteiger partial charge in [-0.05, 0) is 31.7 Å². The van der Waals surface area contributed by atoms with E-state index >= 15 is 0 Å². The minimum Gasteiger partial charge on any atom is -0.491 e. The zero-order valence-electron chi connectivity index (χ0n) is 14.1. The molecule has 2 aliphatic carbocycles. The predicted molar refractivity (Wildman–Crippen MR) is 88.5 cm³/mol. The van der Waals surface area contributed by atoms with Crippen molar-refractivity contribution in [1.29, 1.82) is 0 Å². The van der Waals surface area contributed by atoms with Gasteiger partial charge in [0, 0.05) is 31.0 Å². The number of halogens is 2. The smallest absolute Gasteiger partial charge is 0.252 e. The van der Waals surface area contributed by atoms with Gasteiger partial charge in [0.15, 0.2) is 11.6 Å². The van der Waals surface area contributed by atoms with E-state index in [9.17, 15) is 8.78 Å². The van der Waals surface area contributed by atoms with Crippen LogP contribution in [0.4, 0.5) is 14.6 Å². The maximum absolute atomic E-state index is 13.3. The van der Waals surface area contributed by atoms with Crippen molar-refractivity contribution in [2.24, 2.45) is 0 Å². The van der Waals surface area contributed by atoms with Gasteiger partial charge < -0.3 is 10.1 Å². The lowest BCUT2D eigenvalue weighted by Gasteiger charge is -2.29. The number of ether oxygens (including phenoxy) is 1. The molecular formula is C17H21F2N5O. The lowest BCUT2D eigenvalue weighted by molar-refractivity contribution is -0.0361. The summed E-state index contributed by atoms with van der Waals surface area (Å²) < 4.78 is 33.6. The van der Waals surface area contributed by atoms with E-state index in [0.29, 0.717) is 36.3 Å². The summed E-state index contributed by atoms with van der Waals surface area (Å²) in [6.07, 6.45) is 6.40. The summed E-state index contributed by atoms with van der Waals surface area (Å²) in [6, 6.07) is 1.94. The van der Waals surface area contributed by atoms with Crippen LogP contribution in [0, 0.1) is 0 Å². The molecule has 2 aliphatic rings. The molecule has 6 nitrogen and oxygen atoms in total. The van der Waals surface area contributed by atoms with Crippen LogP contribution in [0.25, 0.3) is 5.95 Å². The van der Waals surface area contributed by atoms with E-state index < -0.39 is 5.92 Å². The highest BCUT2D eigenvalue weighted by molar-refractivity contribution is 5.51. The second-order valence-electron chi connectivity index (χ2n) is 6.82. The molecule has 0 radical (unpaired) electrons. The van der Waals surface area contributed by atoms with Crippen molar-refractivity contribution >= 4 is 5.82 Å². The molecule has 0 amide bonds. The number of aromatic nitrogens is 4. The molecule has 2 saturated carbocycles. The van der Waals surface area contributed by atoms with Gasteiger partial charge in [0.1, 0.15) is 0 Å². The van der Waals surface area contributed by atoms with Gasteiger partial charge in [0.05, 0.1) is 19.0 Å². The van der Waals surface area contributed by atoms with E-state index in [1.165, 1.54) is 20.0 Å². The topological polar surface area (TPSA) is 64.9 Å². The molecule has 1 N–H and O–H groups in total. The SMILES string of the molecule is COc1cnc(-n2ccc(C3CC3)n2)nc1NC1CCC(F)(F)CC1. The third kappa shape index (κ3) is 3.57. The van der Waals surface area contributed by atoms with Crippen molar-refractivity contribution < 1.29 is 13.5 Å². The lowest BCUT2D eigenvalue weighted by Crippen LogP contribution is -2.32. The second-order valence-corrected chi connectivity index (χ2v) is 6.82. The Morgan fingerprint density at radius 3 is 2.68 bits per heavy atom. The van der Waals surface area contributed by atoms with Crippen molar-refractivity contribution in [1.82, 2.24) is 19.7 Å². The molecule has 4 rings (SSSR count). The highest BCUT2D eigenvalue weighted by Crippen LogP contribution is 2.39. The molecular weight excluding hydrogens is 328 g/mol. The van der Waals surface area contributed by atoms with E-state index in [0.717, 1.165) is 5.69 Å². The van der Waals surface area contributed by atoms with E-state index in [-0.39, 0.29) is 18.9 Å². The zero-order chi connectivity index (χ0) is 17.4.